The van der Waals surface area contributed by atoms with Crippen molar-refractivity contribution < 1.29 is 19.2 Å². The fraction of sp³-hybridized carbons (Fsp3) is 0.500. The number of nitrogens with zero attached hydrogens (tertiary/aromatic N) is 2. The fourth-order valence-corrected chi connectivity index (χ4v) is 2.33. The highest BCUT2D eigenvalue weighted by molar-refractivity contribution is 5.82. The Kier molecular flexibility index (Phi) is 5.31. The second-order valence-corrected chi connectivity index (χ2v) is 5.90. The van der Waals surface area contributed by atoms with Gasteiger partial charge in [-0.3, -0.25) is 19.7 Å². The van der Waals surface area contributed by atoms with E-state index in [4.69, 9.17) is 4.74 Å². The molecular weight excluding hydrogens is 300 g/mol. The van der Waals surface area contributed by atoms with Crippen LogP contribution in [-0.4, -0.2) is 40.4 Å². The lowest BCUT2D eigenvalue weighted by Gasteiger charge is -2.26. The van der Waals surface area contributed by atoms with Crippen LogP contribution in [0.4, 0.5) is 0 Å². The molecule has 1 aromatic carbocycles. The molecule has 0 saturated heterocycles. The molecular formula is C16H20N2O5. The molecule has 0 radical (unpaired) electrons. The van der Waals surface area contributed by atoms with Crippen molar-refractivity contribution >= 4 is 11.9 Å². The van der Waals surface area contributed by atoms with Gasteiger partial charge in [0.25, 0.3) is 5.91 Å². The number of carbonyl (C=O) groups excluding carboxylic acids is 2. The molecule has 0 aliphatic heterocycles. The van der Waals surface area contributed by atoms with E-state index in [1.165, 1.54) is 0 Å². The van der Waals surface area contributed by atoms with E-state index in [0.717, 1.165) is 5.56 Å². The zero-order valence-electron chi connectivity index (χ0n) is 13.2. The largest absolute Gasteiger partial charge is 0.455 e. The van der Waals surface area contributed by atoms with Crippen molar-refractivity contribution in [2.45, 2.75) is 38.9 Å². The highest BCUT2D eigenvalue weighted by Gasteiger charge is 2.54. The number of benzene rings is 1. The minimum atomic E-state index is -0.858. The standard InChI is InChI=1S/C16H20N2O5/c1-11(2)17(9-12-6-4-3-5-7-12)15(19)10-23-16(20)13-8-14(13)18(21)22/h3-7,11,13-14H,8-10H2,1-2H3. The molecule has 7 heteroatoms. The average molecular weight is 320 g/mol. The van der Waals surface area contributed by atoms with Crippen LogP contribution in [0.5, 0.6) is 0 Å². The normalized spacial score (nSPS) is 19.3. The molecule has 0 spiro atoms. The van der Waals surface area contributed by atoms with Crippen LogP contribution in [0.2, 0.25) is 0 Å². The van der Waals surface area contributed by atoms with E-state index < -0.39 is 22.9 Å². The number of hydrogen-bond donors (Lipinski definition) is 0. The molecule has 0 bridgehead atoms. The SMILES string of the molecule is CC(C)N(Cc1ccccc1)C(=O)COC(=O)C1CC1[N+](=O)[O-]. The summed E-state index contributed by atoms with van der Waals surface area (Å²) in [5, 5.41) is 10.5. The van der Waals surface area contributed by atoms with E-state index >= 15 is 0 Å². The van der Waals surface area contributed by atoms with Gasteiger partial charge in [0.1, 0.15) is 5.92 Å². The minimum Gasteiger partial charge on any atom is -0.455 e. The number of rotatable bonds is 7. The van der Waals surface area contributed by atoms with Gasteiger partial charge in [-0.2, -0.15) is 0 Å². The van der Waals surface area contributed by atoms with Gasteiger partial charge in [0.15, 0.2) is 6.61 Å². The van der Waals surface area contributed by atoms with Crippen LogP contribution in [0.25, 0.3) is 0 Å². The van der Waals surface area contributed by atoms with Crippen molar-refractivity contribution in [3.63, 3.8) is 0 Å². The Labute approximate surface area is 134 Å². The zero-order valence-corrected chi connectivity index (χ0v) is 13.2. The van der Waals surface area contributed by atoms with Gasteiger partial charge >= 0.3 is 5.97 Å². The Morgan fingerprint density at radius 3 is 2.52 bits per heavy atom. The Morgan fingerprint density at radius 1 is 1.35 bits per heavy atom. The summed E-state index contributed by atoms with van der Waals surface area (Å²) < 4.78 is 4.94. The predicted octanol–water partition coefficient (Wildman–Crippen LogP) is 1.63. The summed E-state index contributed by atoms with van der Waals surface area (Å²) in [6, 6.07) is 8.61. The van der Waals surface area contributed by atoms with Gasteiger partial charge in [0, 0.05) is 23.9 Å². The second kappa shape index (κ2) is 7.21. The molecule has 2 rings (SSSR count). The van der Waals surface area contributed by atoms with E-state index in [2.05, 4.69) is 0 Å². The van der Waals surface area contributed by atoms with Crippen molar-refractivity contribution in [3.8, 4) is 0 Å². The number of nitro groups is 1. The molecule has 1 amide bonds. The first kappa shape index (κ1) is 16.9. The lowest BCUT2D eigenvalue weighted by molar-refractivity contribution is -0.497. The summed E-state index contributed by atoms with van der Waals surface area (Å²) in [4.78, 5) is 35.6. The summed E-state index contributed by atoms with van der Waals surface area (Å²) in [5.74, 6) is -1.68. The Morgan fingerprint density at radius 2 is 2.00 bits per heavy atom. The van der Waals surface area contributed by atoms with E-state index in [9.17, 15) is 19.7 Å². The summed E-state index contributed by atoms with van der Waals surface area (Å²) in [7, 11) is 0. The number of ether oxygens (including phenoxy) is 1. The minimum absolute atomic E-state index is 0.0474. The number of hydrogen-bond acceptors (Lipinski definition) is 5. The maximum Gasteiger partial charge on any atom is 0.316 e. The van der Waals surface area contributed by atoms with E-state index in [-0.39, 0.29) is 25.0 Å². The molecule has 0 heterocycles. The van der Waals surface area contributed by atoms with Crippen LogP contribution in [0.3, 0.4) is 0 Å². The van der Waals surface area contributed by atoms with E-state index in [1.807, 2.05) is 44.2 Å². The maximum atomic E-state index is 12.3. The molecule has 0 aromatic heterocycles. The smallest absolute Gasteiger partial charge is 0.316 e. The van der Waals surface area contributed by atoms with Crippen molar-refractivity contribution in [1.82, 2.24) is 4.90 Å². The first-order chi connectivity index (χ1) is 10.9. The van der Waals surface area contributed by atoms with E-state index in [0.29, 0.717) is 6.54 Å². The number of amides is 1. The Hall–Kier alpha value is -2.44. The van der Waals surface area contributed by atoms with Crippen LogP contribution >= 0.6 is 0 Å². The lowest BCUT2D eigenvalue weighted by Crippen LogP contribution is -2.39. The molecule has 1 saturated carbocycles. The molecule has 2 unspecified atom stereocenters. The van der Waals surface area contributed by atoms with Gasteiger partial charge in [-0.25, -0.2) is 0 Å². The molecule has 1 aromatic rings. The fourth-order valence-electron chi connectivity index (χ4n) is 2.33. The van der Waals surface area contributed by atoms with Gasteiger partial charge in [-0.15, -0.1) is 0 Å². The molecule has 124 valence electrons. The monoisotopic (exact) mass is 320 g/mol. The highest BCUT2D eigenvalue weighted by Crippen LogP contribution is 2.34. The lowest BCUT2D eigenvalue weighted by atomic mass is 10.2. The summed E-state index contributed by atoms with van der Waals surface area (Å²) in [5.41, 5.74) is 0.983. The zero-order chi connectivity index (χ0) is 17.0. The molecule has 7 nitrogen and oxygen atoms in total. The van der Waals surface area contributed by atoms with Crippen LogP contribution in [0.15, 0.2) is 30.3 Å². The molecule has 1 fully saturated rings. The van der Waals surface area contributed by atoms with Crippen molar-refractivity contribution in [3.05, 3.63) is 46.0 Å². The van der Waals surface area contributed by atoms with Crippen LogP contribution in [0.1, 0.15) is 25.8 Å². The predicted molar refractivity (Wildman–Crippen MR) is 82.0 cm³/mol. The number of carbonyl (C=O) groups is 2. The Bertz CT molecular complexity index is 587. The van der Waals surface area contributed by atoms with Gasteiger partial charge in [0.2, 0.25) is 6.04 Å². The van der Waals surface area contributed by atoms with Gasteiger partial charge < -0.3 is 9.64 Å². The Balaban J connectivity index is 1.87. The molecule has 23 heavy (non-hydrogen) atoms. The van der Waals surface area contributed by atoms with Crippen molar-refractivity contribution in [2.24, 2.45) is 5.92 Å². The van der Waals surface area contributed by atoms with Crippen molar-refractivity contribution in [2.75, 3.05) is 6.61 Å². The summed E-state index contributed by atoms with van der Waals surface area (Å²) >= 11 is 0. The molecule has 0 N–H and O–H groups in total. The van der Waals surface area contributed by atoms with Gasteiger partial charge in [-0.05, 0) is 19.4 Å². The summed E-state index contributed by atoms with van der Waals surface area (Å²) in [6.07, 6.45) is 0.192. The first-order valence-electron chi connectivity index (χ1n) is 7.53. The van der Waals surface area contributed by atoms with Crippen LogP contribution in [0, 0.1) is 16.0 Å². The highest BCUT2D eigenvalue weighted by atomic mass is 16.6. The van der Waals surface area contributed by atoms with Crippen LogP contribution < -0.4 is 0 Å². The third-order valence-electron chi connectivity index (χ3n) is 3.81. The third kappa shape index (κ3) is 4.51. The summed E-state index contributed by atoms with van der Waals surface area (Å²) in [6.45, 7) is 3.80. The molecule has 1 aliphatic carbocycles. The first-order valence-corrected chi connectivity index (χ1v) is 7.53. The molecule has 1 aliphatic rings. The number of esters is 1. The maximum absolute atomic E-state index is 12.3. The molecule has 2 atom stereocenters. The average Bonchev–Trinajstić information content (AvgIpc) is 3.31. The second-order valence-electron chi connectivity index (χ2n) is 5.90. The van der Waals surface area contributed by atoms with E-state index in [1.54, 1.807) is 4.90 Å². The van der Waals surface area contributed by atoms with Crippen LogP contribution in [-0.2, 0) is 20.9 Å². The quantitative estimate of drug-likeness (QED) is 0.433. The van der Waals surface area contributed by atoms with Gasteiger partial charge in [-0.1, -0.05) is 30.3 Å². The van der Waals surface area contributed by atoms with Crippen molar-refractivity contribution in [1.29, 1.82) is 0 Å². The topological polar surface area (TPSA) is 89.8 Å². The third-order valence-corrected chi connectivity index (χ3v) is 3.81. The van der Waals surface area contributed by atoms with Gasteiger partial charge in [0.05, 0.1) is 0 Å².